The molecule has 0 amide bonds. The maximum absolute atomic E-state index is 12.9. The van der Waals surface area contributed by atoms with Gasteiger partial charge in [0.2, 0.25) is 0 Å². The molecule has 1 aromatic rings. The molecule has 0 aromatic carbocycles. The molecule has 0 saturated carbocycles. The Morgan fingerprint density at radius 2 is 2.13 bits per heavy atom. The SMILES string of the molecule is Cc1cc(C2(O)C=CC(F)(F)CC2)sn1. The summed E-state index contributed by atoms with van der Waals surface area (Å²) in [6.45, 7) is 1.81. The van der Waals surface area contributed by atoms with Crippen molar-refractivity contribution in [2.45, 2.75) is 31.3 Å². The third kappa shape index (κ3) is 2.08. The highest BCUT2D eigenvalue weighted by atomic mass is 32.1. The first-order valence-electron chi connectivity index (χ1n) is 4.66. The van der Waals surface area contributed by atoms with Gasteiger partial charge < -0.3 is 5.11 Å². The normalized spacial score (nSPS) is 29.3. The fourth-order valence-electron chi connectivity index (χ4n) is 1.56. The van der Waals surface area contributed by atoms with E-state index in [4.69, 9.17) is 0 Å². The van der Waals surface area contributed by atoms with Crippen molar-refractivity contribution in [1.82, 2.24) is 4.37 Å². The molecule has 0 aliphatic heterocycles. The number of rotatable bonds is 1. The van der Waals surface area contributed by atoms with Crippen LogP contribution >= 0.6 is 11.5 Å². The first-order valence-corrected chi connectivity index (χ1v) is 5.43. The van der Waals surface area contributed by atoms with E-state index >= 15 is 0 Å². The zero-order chi connectivity index (χ0) is 11.1. The summed E-state index contributed by atoms with van der Waals surface area (Å²) >= 11 is 1.16. The molecule has 1 atom stereocenters. The van der Waals surface area contributed by atoms with Crippen molar-refractivity contribution in [3.8, 4) is 0 Å². The minimum absolute atomic E-state index is 0.0398. The van der Waals surface area contributed by atoms with Gasteiger partial charge in [-0.25, -0.2) is 8.78 Å². The van der Waals surface area contributed by atoms with E-state index in [1.807, 2.05) is 6.92 Å². The average molecular weight is 231 g/mol. The summed E-state index contributed by atoms with van der Waals surface area (Å²) in [6.07, 6.45) is 1.68. The molecule has 1 aliphatic carbocycles. The molecule has 2 nitrogen and oxygen atoms in total. The van der Waals surface area contributed by atoms with Gasteiger partial charge in [-0.05, 0) is 43.1 Å². The Morgan fingerprint density at radius 3 is 2.60 bits per heavy atom. The lowest BCUT2D eigenvalue weighted by Gasteiger charge is -2.29. The smallest absolute Gasteiger partial charge is 0.266 e. The second-order valence-corrected chi connectivity index (χ2v) is 4.66. The number of alkyl halides is 2. The van der Waals surface area contributed by atoms with Gasteiger partial charge in [0.05, 0.1) is 10.6 Å². The summed E-state index contributed by atoms with van der Waals surface area (Å²) in [6, 6.07) is 1.73. The van der Waals surface area contributed by atoms with Gasteiger partial charge in [0, 0.05) is 6.42 Å². The topological polar surface area (TPSA) is 33.1 Å². The van der Waals surface area contributed by atoms with Crippen molar-refractivity contribution in [2.75, 3.05) is 0 Å². The van der Waals surface area contributed by atoms with Gasteiger partial charge in [0.25, 0.3) is 5.92 Å². The van der Waals surface area contributed by atoms with Crippen LogP contribution in [0.25, 0.3) is 0 Å². The largest absolute Gasteiger partial charge is 0.380 e. The van der Waals surface area contributed by atoms with Crippen molar-refractivity contribution >= 4 is 11.5 Å². The van der Waals surface area contributed by atoms with Crippen LogP contribution in [0.5, 0.6) is 0 Å². The van der Waals surface area contributed by atoms with E-state index < -0.39 is 11.5 Å². The van der Waals surface area contributed by atoms with E-state index in [0.29, 0.717) is 4.88 Å². The Hall–Kier alpha value is -0.810. The van der Waals surface area contributed by atoms with Crippen LogP contribution in [0, 0.1) is 6.92 Å². The third-order valence-corrected chi connectivity index (χ3v) is 3.54. The Labute approximate surface area is 90.4 Å². The summed E-state index contributed by atoms with van der Waals surface area (Å²) < 4.78 is 29.8. The highest BCUT2D eigenvalue weighted by Crippen LogP contribution is 2.39. The lowest BCUT2D eigenvalue weighted by Crippen LogP contribution is -2.30. The molecule has 0 spiro atoms. The van der Waals surface area contributed by atoms with Gasteiger partial charge in [-0.15, -0.1) is 0 Å². The zero-order valence-corrected chi connectivity index (χ0v) is 9.02. The van der Waals surface area contributed by atoms with Crippen LogP contribution in [0.2, 0.25) is 0 Å². The van der Waals surface area contributed by atoms with Gasteiger partial charge in [-0.2, -0.15) is 4.37 Å². The molecule has 1 unspecified atom stereocenters. The summed E-state index contributed by atoms with van der Waals surface area (Å²) in [5.41, 5.74) is -0.456. The minimum Gasteiger partial charge on any atom is -0.380 e. The lowest BCUT2D eigenvalue weighted by molar-refractivity contribution is -0.0123. The van der Waals surface area contributed by atoms with Gasteiger partial charge in [-0.3, -0.25) is 0 Å². The zero-order valence-electron chi connectivity index (χ0n) is 8.20. The van der Waals surface area contributed by atoms with E-state index in [1.165, 1.54) is 6.08 Å². The Kier molecular flexibility index (Phi) is 2.39. The second-order valence-electron chi connectivity index (χ2n) is 3.85. The van der Waals surface area contributed by atoms with Gasteiger partial charge in [0.15, 0.2) is 0 Å². The molecular formula is C10H11F2NOS. The molecule has 82 valence electrons. The molecule has 1 heterocycles. The number of nitrogens with zero attached hydrogens (tertiary/aromatic N) is 1. The monoisotopic (exact) mass is 231 g/mol. The molecule has 1 N–H and O–H groups in total. The number of aliphatic hydroxyl groups is 1. The van der Waals surface area contributed by atoms with Crippen LogP contribution < -0.4 is 0 Å². The number of hydrogen-bond donors (Lipinski definition) is 1. The van der Waals surface area contributed by atoms with E-state index in [2.05, 4.69) is 4.37 Å². The Morgan fingerprint density at radius 1 is 1.40 bits per heavy atom. The Balaban J connectivity index is 2.30. The summed E-state index contributed by atoms with van der Waals surface area (Å²) in [5, 5.41) is 10.1. The molecule has 5 heteroatoms. The second kappa shape index (κ2) is 3.35. The molecule has 0 fully saturated rings. The maximum atomic E-state index is 12.9. The van der Waals surface area contributed by atoms with Crippen molar-refractivity contribution in [1.29, 1.82) is 0 Å². The fourth-order valence-corrected chi connectivity index (χ4v) is 2.40. The van der Waals surface area contributed by atoms with Crippen LogP contribution in [-0.4, -0.2) is 15.4 Å². The molecule has 1 aromatic heterocycles. The van der Waals surface area contributed by atoms with Crippen LogP contribution in [-0.2, 0) is 5.60 Å². The number of halogens is 2. The van der Waals surface area contributed by atoms with E-state index in [9.17, 15) is 13.9 Å². The van der Waals surface area contributed by atoms with Crippen molar-refractivity contribution in [2.24, 2.45) is 0 Å². The predicted molar refractivity (Wildman–Crippen MR) is 54.1 cm³/mol. The lowest BCUT2D eigenvalue weighted by atomic mass is 9.88. The molecule has 1 aliphatic rings. The van der Waals surface area contributed by atoms with Crippen LogP contribution in [0.15, 0.2) is 18.2 Å². The number of allylic oxidation sites excluding steroid dienone is 1. The van der Waals surface area contributed by atoms with Crippen molar-refractivity contribution in [3.05, 3.63) is 28.8 Å². The molecular weight excluding hydrogens is 220 g/mol. The summed E-state index contributed by atoms with van der Waals surface area (Å²) in [7, 11) is 0. The maximum Gasteiger partial charge on any atom is 0.266 e. The highest BCUT2D eigenvalue weighted by molar-refractivity contribution is 7.06. The van der Waals surface area contributed by atoms with E-state index in [1.54, 1.807) is 6.07 Å². The third-order valence-electron chi connectivity index (χ3n) is 2.50. The van der Waals surface area contributed by atoms with E-state index in [0.717, 1.165) is 23.3 Å². The summed E-state index contributed by atoms with van der Waals surface area (Å²) in [4.78, 5) is 0.631. The Bertz CT molecular complexity index is 402. The van der Waals surface area contributed by atoms with Crippen LogP contribution in [0.4, 0.5) is 8.78 Å². The predicted octanol–water partition coefficient (Wildman–Crippen LogP) is 2.62. The van der Waals surface area contributed by atoms with Crippen LogP contribution in [0.3, 0.4) is 0 Å². The van der Waals surface area contributed by atoms with Crippen molar-refractivity contribution in [3.63, 3.8) is 0 Å². The first kappa shape index (κ1) is 10.7. The minimum atomic E-state index is -2.79. The quantitative estimate of drug-likeness (QED) is 0.754. The molecule has 15 heavy (non-hydrogen) atoms. The van der Waals surface area contributed by atoms with Gasteiger partial charge >= 0.3 is 0 Å². The van der Waals surface area contributed by atoms with Crippen LogP contribution in [0.1, 0.15) is 23.4 Å². The molecule has 0 radical (unpaired) electrons. The number of aryl methyl sites for hydroxylation is 1. The first-order chi connectivity index (χ1) is 6.91. The molecule has 0 bridgehead atoms. The average Bonchev–Trinajstić information content (AvgIpc) is 2.59. The highest BCUT2D eigenvalue weighted by Gasteiger charge is 2.39. The van der Waals surface area contributed by atoms with Crippen molar-refractivity contribution < 1.29 is 13.9 Å². The standard InChI is InChI=1S/C10H11F2NOS/c1-7-6-8(15-13-7)9(14)2-4-10(11,12)5-3-9/h2,4,6,14H,3,5H2,1H3. The number of hydrogen-bond acceptors (Lipinski definition) is 3. The molecule has 2 rings (SSSR count). The van der Waals surface area contributed by atoms with E-state index in [-0.39, 0.29) is 12.8 Å². The number of aromatic nitrogens is 1. The fraction of sp³-hybridized carbons (Fsp3) is 0.500. The summed E-state index contributed by atoms with van der Waals surface area (Å²) in [5.74, 6) is -2.79. The molecule has 0 saturated heterocycles. The van der Waals surface area contributed by atoms with Gasteiger partial charge in [-0.1, -0.05) is 0 Å². The van der Waals surface area contributed by atoms with Gasteiger partial charge in [0.1, 0.15) is 5.60 Å².